The van der Waals surface area contributed by atoms with Crippen LogP contribution in [0.1, 0.15) is 35.6 Å². The highest BCUT2D eigenvalue weighted by Crippen LogP contribution is 2.34. The topological polar surface area (TPSA) is 0 Å². The van der Waals surface area contributed by atoms with Crippen molar-refractivity contribution in [1.82, 2.24) is 0 Å². The number of hydrogen-bond acceptors (Lipinski definition) is 0. The fourth-order valence-corrected chi connectivity index (χ4v) is 3.42. The lowest BCUT2D eigenvalue weighted by Gasteiger charge is -2.11. The van der Waals surface area contributed by atoms with Gasteiger partial charge in [0.1, 0.15) is 23.0 Å². The van der Waals surface area contributed by atoms with Crippen LogP contribution in [0, 0.1) is 17.5 Å². The molecule has 0 aromatic heterocycles. The van der Waals surface area contributed by atoms with Crippen LogP contribution < -0.4 is 0 Å². The fraction of sp³-hybridized carbons (Fsp3) is 0.250. The van der Waals surface area contributed by atoms with Gasteiger partial charge in [-0.15, -0.1) is 0 Å². The molecule has 0 aliphatic carbocycles. The van der Waals surface area contributed by atoms with Gasteiger partial charge in [0.25, 0.3) is 0 Å². The largest absolute Gasteiger partial charge is 0.422 e. The first-order chi connectivity index (χ1) is 14.2. The van der Waals surface area contributed by atoms with Crippen molar-refractivity contribution < 1.29 is 26.3 Å². The van der Waals surface area contributed by atoms with Crippen molar-refractivity contribution in [2.24, 2.45) is 0 Å². The molecule has 0 amide bonds. The van der Waals surface area contributed by atoms with E-state index >= 15 is 0 Å². The van der Waals surface area contributed by atoms with Crippen molar-refractivity contribution >= 4 is 0 Å². The van der Waals surface area contributed by atoms with Crippen LogP contribution in [-0.4, -0.2) is 0 Å². The minimum atomic E-state index is -5.08. The van der Waals surface area contributed by atoms with Crippen molar-refractivity contribution in [2.45, 2.75) is 38.8 Å². The normalized spacial score (nSPS) is 11.7. The lowest BCUT2D eigenvalue weighted by atomic mass is 9.98. The minimum Gasteiger partial charge on any atom is -0.206 e. The maximum absolute atomic E-state index is 14.4. The van der Waals surface area contributed by atoms with Crippen LogP contribution in [-0.2, 0) is 25.4 Å². The Hall–Kier alpha value is -2.76. The van der Waals surface area contributed by atoms with Crippen LogP contribution >= 0.6 is 0 Å². The number of halogens is 6. The summed E-state index contributed by atoms with van der Waals surface area (Å²) in [5, 5.41) is 0. The highest BCUT2D eigenvalue weighted by Gasteiger charge is 2.37. The number of alkyl halides is 3. The summed E-state index contributed by atoms with van der Waals surface area (Å²) >= 11 is 0. The smallest absolute Gasteiger partial charge is 0.206 e. The van der Waals surface area contributed by atoms with Gasteiger partial charge in [0, 0.05) is 5.56 Å². The second-order valence-corrected chi connectivity index (χ2v) is 7.19. The second-order valence-electron chi connectivity index (χ2n) is 7.19. The van der Waals surface area contributed by atoms with E-state index in [4.69, 9.17) is 0 Å². The third kappa shape index (κ3) is 5.04. The molecule has 0 spiro atoms. The Morgan fingerprint density at radius 3 is 1.70 bits per heavy atom. The molecule has 3 rings (SSSR count). The number of benzene rings is 3. The van der Waals surface area contributed by atoms with Gasteiger partial charge in [0.15, 0.2) is 0 Å². The molecule has 0 radical (unpaired) electrons. The molecule has 0 atom stereocenters. The summed E-state index contributed by atoms with van der Waals surface area (Å²) in [4.78, 5) is 0. The van der Waals surface area contributed by atoms with Crippen molar-refractivity contribution in [3.8, 4) is 11.1 Å². The van der Waals surface area contributed by atoms with Gasteiger partial charge in [0.05, 0.1) is 0 Å². The summed E-state index contributed by atoms with van der Waals surface area (Å²) < 4.78 is 79.7. The molecule has 0 aliphatic rings. The molecule has 6 heteroatoms. The summed E-state index contributed by atoms with van der Waals surface area (Å²) in [7, 11) is 0. The number of rotatable bonds is 6. The Labute approximate surface area is 171 Å². The third-order valence-electron chi connectivity index (χ3n) is 4.92. The molecule has 0 heterocycles. The zero-order chi connectivity index (χ0) is 21.9. The molecule has 0 N–H and O–H groups in total. The highest BCUT2D eigenvalue weighted by molar-refractivity contribution is 5.64. The van der Waals surface area contributed by atoms with E-state index in [0.717, 1.165) is 24.0 Å². The van der Waals surface area contributed by atoms with E-state index in [-0.39, 0.29) is 17.8 Å². The molecule has 0 saturated carbocycles. The van der Waals surface area contributed by atoms with Gasteiger partial charge >= 0.3 is 6.18 Å². The third-order valence-corrected chi connectivity index (χ3v) is 4.92. The first kappa shape index (κ1) is 21.9. The quantitative estimate of drug-likeness (QED) is 0.360. The molecule has 0 nitrogen and oxygen atoms in total. The van der Waals surface area contributed by atoms with Crippen molar-refractivity contribution in [3.05, 3.63) is 94.3 Å². The molecule has 0 saturated heterocycles. The fourth-order valence-electron chi connectivity index (χ4n) is 3.42. The lowest BCUT2D eigenvalue weighted by Crippen LogP contribution is -2.12. The molecule has 0 fully saturated rings. The van der Waals surface area contributed by atoms with Crippen LogP contribution in [0.2, 0.25) is 0 Å². The van der Waals surface area contributed by atoms with E-state index in [1.54, 1.807) is 30.3 Å². The Morgan fingerprint density at radius 2 is 1.17 bits per heavy atom. The first-order valence-corrected chi connectivity index (χ1v) is 9.62. The molecule has 0 aliphatic heterocycles. The van der Waals surface area contributed by atoms with Gasteiger partial charge in [-0.05, 0) is 59.7 Å². The predicted molar refractivity (Wildman–Crippen MR) is 105 cm³/mol. The Balaban J connectivity index is 1.71. The zero-order valence-electron chi connectivity index (χ0n) is 16.3. The van der Waals surface area contributed by atoms with Crippen LogP contribution in [0.4, 0.5) is 26.3 Å². The van der Waals surface area contributed by atoms with Crippen LogP contribution in [0.15, 0.2) is 54.6 Å². The van der Waals surface area contributed by atoms with E-state index in [2.05, 4.69) is 0 Å². The van der Waals surface area contributed by atoms with Gasteiger partial charge in [0.2, 0.25) is 0 Å². The van der Waals surface area contributed by atoms with E-state index in [0.29, 0.717) is 29.7 Å². The Bertz CT molecular complexity index is 996. The molecular formula is C24H20F6. The summed E-state index contributed by atoms with van der Waals surface area (Å²) in [6.07, 6.45) is -2.79. The highest BCUT2D eigenvalue weighted by atomic mass is 19.4. The molecule has 30 heavy (non-hydrogen) atoms. The zero-order valence-corrected chi connectivity index (χ0v) is 16.3. The first-order valence-electron chi connectivity index (χ1n) is 9.62. The molecule has 0 bridgehead atoms. The lowest BCUT2D eigenvalue weighted by molar-refractivity contribution is -0.142. The maximum Gasteiger partial charge on any atom is 0.422 e. The Kier molecular flexibility index (Phi) is 6.54. The summed E-state index contributed by atoms with van der Waals surface area (Å²) in [6, 6.07) is 13.6. The molecule has 158 valence electrons. The SMILES string of the molecule is CCCc1ccc(-c2ccc(CCc3cc(F)c(C(F)(F)F)c(F)c3)cc2)c(F)c1. The van der Waals surface area contributed by atoms with Crippen LogP contribution in [0.5, 0.6) is 0 Å². The summed E-state index contributed by atoms with van der Waals surface area (Å²) in [5.41, 5.74) is 1.20. The van der Waals surface area contributed by atoms with Crippen LogP contribution in [0.25, 0.3) is 11.1 Å². The van der Waals surface area contributed by atoms with Gasteiger partial charge in [-0.3, -0.25) is 0 Å². The van der Waals surface area contributed by atoms with Crippen molar-refractivity contribution in [2.75, 3.05) is 0 Å². The maximum atomic E-state index is 14.4. The van der Waals surface area contributed by atoms with E-state index in [9.17, 15) is 26.3 Å². The Morgan fingerprint density at radius 1 is 0.633 bits per heavy atom. The monoisotopic (exact) mass is 422 g/mol. The van der Waals surface area contributed by atoms with E-state index < -0.39 is 23.4 Å². The number of aryl methyl sites for hydroxylation is 3. The van der Waals surface area contributed by atoms with Gasteiger partial charge < -0.3 is 0 Å². The van der Waals surface area contributed by atoms with Gasteiger partial charge in [-0.2, -0.15) is 13.2 Å². The average Bonchev–Trinajstić information content (AvgIpc) is 2.66. The van der Waals surface area contributed by atoms with Crippen molar-refractivity contribution in [1.29, 1.82) is 0 Å². The van der Waals surface area contributed by atoms with Crippen molar-refractivity contribution in [3.63, 3.8) is 0 Å². The van der Waals surface area contributed by atoms with Gasteiger partial charge in [-0.25, -0.2) is 13.2 Å². The van der Waals surface area contributed by atoms with E-state index in [1.165, 1.54) is 6.07 Å². The number of hydrogen-bond donors (Lipinski definition) is 0. The average molecular weight is 422 g/mol. The van der Waals surface area contributed by atoms with Crippen LogP contribution in [0.3, 0.4) is 0 Å². The second kappa shape index (κ2) is 8.94. The minimum absolute atomic E-state index is 0.139. The molecule has 0 unspecified atom stereocenters. The van der Waals surface area contributed by atoms with Gasteiger partial charge in [-0.1, -0.05) is 49.7 Å². The standard InChI is InChI=1S/C24H20F6/c1-2-3-16-8-11-19(20(25)12-16)18-9-6-15(7-10-18)4-5-17-13-21(26)23(22(27)14-17)24(28,29)30/h6-14H,2-5H2,1H3. The summed E-state index contributed by atoms with van der Waals surface area (Å²) in [6.45, 7) is 2.03. The predicted octanol–water partition coefficient (Wildman–Crippen LogP) is 7.53. The molecule has 3 aromatic carbocycles. The van der Waals surface area contributed by atoms with E-state index in [1.807, 2.05) is 13.0 Å². The molecule has 3 aromatic rings. The summed E-state index contributed by atoms with van der Waals surface area (Å²) in [5.74, 6) is -3.53. The molecular weight excluding hydrogens is 402 g/mol.